The Morgan fingerprint density at radius 1 is 1.28 bits per heavy atom. The van der Waals surface area contributed by atoms with Gasteiger partial charge < -0.3 is 15.4 Å². The lowest BCUT2D eigenvalue weighted by Crippen LogP contribution is -2.39. The van der Waals surface area contributed by atoms with E-state index >= 15 is 0 Å². The minimum Gasteiger partial charge on any atom is -0.455 e. The molecule has 1 aliphatic rings. The Morgan fingerprint density at radius 3 is 2.88 bits per heavy atom. The number of ether oxygens (including phenoxy) is 1. The van der Waals surface area contributed by atoms with Crippen LogP contribution in [0.3, 0.4) is 0 Å². The van der Waals surface area contributed by atoms with Crippen LogP contribution < -0.4 is 15.4 Å². The molecule has 0 aromatic heterocycles. The summed E-state index contributed by atoms with van der Waals surface area (Å²) in [6, 6.07) is 13.3. The average molecular weight is 383 g/mol. The van der Waals surface area contributed by atoms with Gasteiger partial charge in [0.25, 0.3) is 0 Å². The highest BCUT2D eigenvalue weighted by molar-refractivity contribution is 7.99. The van der Waals surface area contributed by atoms with Gasteiger partial charge in [-0.2, -0.15) is 11.8 Å². The first-order valence-electron chi connectivity index (χ1n) is 7.84. The van der Waals surface area contributed by atoms with Crippen molar-refractivity contribution in [1.82, 2.24) is 5.32 Å². The van der Waals surface area contributed by atoms with E-state index in [4.69, 9.17) is 4.74 Å². The number of halogens is 2. The molecule has 1 atom stereocenters. The lowest BCUT2D eigenvalue weighted by molar-refractivity contribution is -0.116. The van der Waals surface area contributed by atoms with Gasteiger partial charge in [-0.25, -0.2) is 4.39 Å². The Bertz CT molecular complexity index is 711. The maximum atomic E-state index is 13.3. The predicted octanol–water partition coefficient (Wildman–Crippen LogP) is 4.07. The third-order valence-corrected chi connectivity index (χ3v) is 4.75. The van der Waals surface area contributed by atoms with E-state index in [0.29, 0.717) is 23.6 Å². The Kier molecular flexibility index (Phi) is 7.55. The molecule has 1 unspecified atom stereocenters. The molecule has 1 fully saturated rings. The molecule has 1 amide bonds. The van der Waals surface area contributed by atoms with Gasteiger partial charge in [0.1, 0.15) is 11.6 Å². The Labute approximate surface area is 156 Å². The smallest absolute Gasteiger partial charge is 0.226 e. The zero-order valence-electron chi connectivity index (χ0n) is 13.5. The van der Waals surface area contributed by atoms with Crippen molar-refractivity contribution in [2.24, 2.45) is 0 Å². The third-order valence-electron chi connectivity index (χ3n) is 3.62. The molecule has 1 aliphatic heterocycles. The highest BCUT2D eigenvalue weighted by Gasteiger charge is 2.17. The maximum absolute atomic E-state index is 13.3. The number of amides is 1. The van der Waals surface area contributed by atoms with E-state index in [2.05, 4.69) is 10.6 Å². The zero-order valence-corrected chi connectivity index (χ0v) is 15.2. The normalized spacial score (nSPS) is 16.6. The third kappa shape index (κ3) is 5.92. The summed E-state index contributed by atoms with van der Waals surface area (Å²) in [4.78, 5) is 12.3. The van der Waals surface area contributed by atoms with E-state index in [9.17, 15) is 9.18 Å². The van der Waals surface area contributed by atoms with Crippen LogP contribution in [0.2, 0.25) is 0 Å². The Hall–Kier alpha value is -1.76. The molecule has 2 N–H and O–H groups in total. The number of carbonyl (C=O) groups is 1. The van der Waals surface area contributed by atoms with Crippen LogP contribution in [0, 0.1) is 5.82 Å². The van der Waals surface area contributed by atoms with Crippen LogP contribution in [-0.2, 0) is 4.79 Å². The quantitative estimate of drug-likeness (QED) is 0.818. The molecular formula is C18H20ClFN2O2S. The van der Waals surface area contributed by atoms with Gasteiger partial charge in [-0.1, -0.05) is 18.2 Å². The van der Waals surface area contributed by atoms with Crippen molar-refractivity contribution < 1.29 is 13.9 Å². The summed E-state index contributed by atoms with van der Waals surface area (Å²) in [5.41, 5.74) is 0.579. The van der Waals surface area contributed by atoms with Crippen molar-refractivity contribution in [3.05, 3.63) is 54.3 Å². The molecule has 0 radical (unpaired) electrons. The predicted molar refractivity (Wildman–Crippen MR) is 103 cm³/mol. The summed E-state index contributed by atoms with van der Waals surface area (Å²) in [6.45, 7) is 0.932. The van der Waals surface area contributed by atoms with Crippen molar-refractivity contribution in [2.75, 3.05) is 23.4 Å². The summed E-state index contributed by atoms with van der Waals surface area (Å²) in [7, 11) is 0. The molecule has 1 heterocycles. The molecule has 2 aromatic carbocycles. The van der Waals surface area contributed by atoms with Gasteiger partial charge in [0, 0.05) is 36.6 Å². The van der Waals surface area contributed by atoms with E-state index < -0.39 is 0 Å². The summed E-state index contributed by atoms with van der Waals surface area (Å²) >= 11 is 1.85. The molecule has 25 heavy (non-hydrogen) atoms. The zero-order chi connectivity index (χ0) is 16.8. The first-order chi connectivity index (χ1) is 11.7. The fourth-order valence-corrected chi connectivity index (χ4v) is 3.44. The molecule has 1 saturated heterocycles. The lowest BCUT2D eigenvalue weighted by atomic mass is 10.2. The van der Waals surface area contributed by atoms with Gasteiger partial charge in [-0.15, -0.1) is 12.4 Å². The molecule has 2 aromatic rings. The van der Waals surface area contributed by atoms with Crippen molar-refractivity contribution in [3.63, 3.8) is 0 Å². The van der Waals surface area contributed by atoms with Crippen molar-refractivity contribution in [1.29, 1.82) is 0 Å². The number of thioether (sulfide) groups is 1. The number of anilines is 1. The molecule has 0 bridgehead atoms. The monoisotopic (exact) mass is 382 g/mol. The van der Waals surface area contributed by atoms with Crippen LogP contribution in [0.15, 0.2) is 48.5 Å². The van der Waals surface area contributed by atoms with Crippen LogP contribution in [0.5, 0.6) is 11.5 Å². The van der Waals surface area contributed by atoms with Gasteiger partial charge >= 0.3 is 0 Å². The van der Waals surface area contributed by atoms with Gasteiger partial charge in [-0.05, 0) is 24.3 Å². The summed E-state index contributed by atoms with van der Waals surface area (Å²) in [5.74, 6) is 2.47. The molecule has 0 aliphatic carbocycles. The van der Waals surface area contributed by atoms with Crippen LogP contribution >= 0.6 is 24.2 Å². The molecule has 3 rings (SSSR count). The topological polar surface area (TPSA) is 50.4 Å². The molecule has 134 valence electrons. The van der Waals surface area contributed by atoms with Crippen molar-refractivity contribution in [2.45, 2.75) is 12.5 Å². The Balaban J connectivity index is 0.00000225. The molecule has 0 spiro atoms. The van der Waals surface area contributed by atoms with Crippen LogP contribution in [-0.4, -0.2) is 30.0 Å². The minimum atomic E-state index is -0.366. The van der Waals surface area contributed by atoms with E-state index in [-0.39, 0.29) is 30.2 Å². The highest BCUT2D eigenvalue weighted by Crippen LogP contribution is 2.29. The molecular weight excluding hydrogens is 363 g/mol. The van der Waals surface area contributed by atoms with Crippen LogP contribution in [0.4, 0.5) is 10.1 Å². The second-order valence-electron chi connectivity index (χ2n) is 5.53. The van der Waals surface area contributed by atoms with Gasteiger partial charge in [-0.3, -0.25) is 4.79 Å². The first kappa shape index (κ1) is 19.6. The fourth-order valence-electron chi connectivity index (χ4n) is 2.49. The molecule has 7 heteroatoms. The molecule has 4 nitrogen and oxygen atoms in total. The SMILES string of the molecule is Cl.O=C(CC1CSCCN1)Nc1ccccc1Oc1cccc(F)c1. The van der Waals surface area contributed by atoms with E-state index in [0.717, 1.165) is 18.1 Å². The molecule has 0 saturated carbocycles. The second kappa shape index (κ2) is 9.65. The van der Waals surface area contributed by atoms with Crippen molar-refractivity contribution >= 4 is 35.8 Å². The van der Waals surface area contributed by atoms with E-state index in [1.807, 2.05) is 23.9 Å². The van der Waals surface area contributed by atoms with Gasteiger partial charge in [0.15, 0.2) is 5.75 Å². The number of nitrogens with one attached hydrogen (secondary N) is 2. The maximum Gasteiger partial charge on any atom is 0.226 e. The Morgan fingerprint density at radius 2 is 2.12 bits per heavy atom. The van der Waals surface area contributed by atoms with E-state index in [1.54, 1.807) is 24.3 Å². The summed E-state index contributed by atoms with van der Waals surface area (Å²) < 4.78 is 19.0. The number of hydrogen-bond donors (Lipinski definition) is 2. The largest absolute Gasteiger partial charge is 0.455 e. The minimum absolute atomic E-state index is 0. The van der Waals surface area contributed by atoms with Gasteiger partial charge in [0.05, 0.1) is 5.69 Å². The van der Waals surface area contributed by atoms with Gasteiger partial charge in [0.2, 0.25) is 5.91 Å². The van der Waals surface area contributed by atoms with Crippen LogP contribution in [0.25, 0.3) is 0 Å². The standard InChI is InChI=1S/C18H19FN2O2S.ClH/c19-13-4-3-5-15(10-13)23-17-7-2-1-6-16(17)21-18(22)11-14-12-24-9-8-20-14;/h1-7,10,14,20H,8-9,11-12H2,(H,21,22);1H. The van der Waals surface area contributed by atoms with Crippen LogP contribution in [0.1, 0.15) is 6.42 Å². The number of para-hydroxylation sites is 2. The van der Waals surface area contributed by atoms with Crippen molar-refractivity contribution in [3.8, 4) is 11.5 Å². The number of benzene rings is 2. The number of carbonyl (C=O) groups excluding carboxylic acids is 1. The summed E-state index contributed by atoms with van der Waals surface area (Å²) in [5, 5.41) is 6.23. The fraction of sp³-hybridized carbons (Fsp3) is 0.278. The van der Waals surface area contributed by atoms with E-state index in [1.165, 1.54) is 12.1 Å². The lowest BCUT2D eigenvalue weighted by Gasteiger charge is -2.22. The average Bonchev–Trinajstić information content (AvgIpc) is 2.57. The first-order valence-corrected chi connectivity index (χ1v) is 8.99. The summed E-state index contributed by atoms with van der Waals surface area (Å²) in [6.07, 6.45) is 0.418. The second-order valence-corrected chi connectivity index (χ2v) is 6.68. The highest BCUT2D eigenvalue weighted by atomic mass is 35.5. The number of rotatable bonds is 5. The number of hydrogen-bond acceptors (Lipinski definition) is 4.